The number of hydrogen-bond donors (Lipinski definition) is 1. The van der Waals surface area contributed by atoms with Crippen LogP contribution >= 0.6 is 0 Å². The fourth-order valence-electron chi connectivity index (χ4n) is 0.797. The molecular formula is C8H12O4S. The number of carbonyl (C=O) groups is 1. The van der Waals surface area contributed by atoms with Crippen LogP contribution in [0.5, 0.6) is 0 Å². The van der Waals surface area contributed by atoms with Crippen molar-refractivity contribution < 1.29 is 18.3 Å². The van der Waals surface area contributed by atoms with Crippen LogP contribution in [0.3, 0.4) is 0 Å². The smallest absolute Gasteiger partial charge is 0.303 e. The minimum Gasteiger partial charge on any atom is -0.481 e. The summed E-state index contributed by atoms with van der Waals surface area (Å²) < 4.78 is 22.0. The van der Waals surface area contributed by atoms with Gasteiger partial charge < -0.3 is 5.11 Å². The average molecular weight is 204 g/mol. The van der Waals surface area contributed by atoms with Gasteiger partial charge in [-0.3, -0.25) is 4.79 Å². The van der Waals surface area contributed by atoms with E-state index in [1.54, 1.807) is 0 Å². The minimum atomic E-state index is -3.16. The predicted octanol–water partition coefficient (Wildman–Crippen LogP) is 0.289. The summed E-state index contributed by atoms with van der Waals surface area (Å²) in [7, 11) is -3.16. The summed E-state index contributed by atoms with van der Waals surface area (Å²) in [5.41, 5.74) is 0. The molecule has 0 spiro atoms. The summed E-state index contributed by atoms with van der Waals surface area (Å²) in [5, 5.41) is 8.26. The second kappa shape index (κ2) is 5.60. The Balaban J connectivity index is 3.66. The molecule has 13 heavy (non-hydrogen) atoms. The number of unbranched alkanes of at least 4 members (excludes halogenated alkanes) is 1. The Morgan fingerprint density at radius 2 is 2.00 bits per heavy atom. The van der Waals surface area contributed by atoms with Gasteiger partial charge in [0.15, 0.2) is 9.84 Å². The van der Waals surface area contributed by atoms with E-state index in [0.29, 0.717) is 12.8 Å². The number of carboxylic acid groups (broad SMARTS) is 1. The molecule has 0 radical (unpaired) electrons. The Morgan fingerprint density at radius 3 is 2.46 bits per heavy atom. The van der Waals surface area contributed by atoms with Gasteiger partial charge >= 0.3 is 5.97 Å². The van der Waals surface area contributed by atoms with Gasteiger partial charge in [-0.05, 0) is 12.8 Å². The van der Waals surface area contributed by atoms with Crippen LogP contribution in [0.15, 0.2) is 0 Å². The first kappa shape index (κ1) is 12.0. The van der Waals surface area contributed by atoms with Gasteiger partial charge in [0.25, 0.3) is 0 Å². The fourth-order valence-corrected chi connectivity index (χ4v) is 1.84. The highest BCUT2D eigenvalue weighted by molar-refractivity contribution is 7.91. The molecular weight excluding hydrogens is 192 g/mol. The van der Waals surface area contributed by atoms with E-state index in [9.17, 15) is 13.2 Å². The van der Waals surface area contributed by atoms with Crippen LogP contribution in [0.2, 0.25) is 0 Å². The van der Waals surface area contributed by atoms with Crippen molar-refractivity contribution in [1.29, 1.82) is 0 Å². The first-order valence-electron chi connectivity index (χ1n) is 3.83. The van der Waals surface area contributed by atoms with Crippen LogP contribution in [0.25, 0.3) is 0 Å². The fraction of sp³-hybridized carbons (Fsp3) is 0.625. The van der Waals surface area contributed by atoms with Crippen LogP contribution < -0.4 is 0 Å². The van der Waals surface area contributed by atoms with Crippen molar-refractivity contribution in [3.63, 3.8) is 0 Å². The van der Waals surface area contributed by atoms with Crippen LogP contribution in [0.4, 0.5) is 0 Å². The number of rotatable bonds is 6. The number of sulfone groups is 1. The summed E-state index contributed by atoms with van der Waals surface area (Å²) >= 11 is 0. The highest BCUT2D eigenvalue weighted by atomic mass is 32.2. The Morgan fingerprint density at radius 1 is 1.38 bits per heavy atom. The summed E-state index contributed by atoms with van der Waals surface area (Å²) in [6.07, 6.45) is 5.58. The monoisotopic (exact) mass is 204 g/mol. The minimum absolute atomic E-state index is 0.00553. The molecule has 0 rings (SSSR count). The van der Waals surface area contributed by atoms with E-state index in [2.05, 4.69) is 5.92 Å². The molecule has 0 aromatic carbocycles. The summed E-state index contributed by atoms with van der Waals surface area (Å²) in [5.74, 6) is 0.858. The lowest BCUT2D eigenvalue weighted by Gasteiger charge is -1.98. The van der Waals surface area contributed by atoms with E-state index >= 15 is 0 Å². The van der Waals surface area contributed by atoms with Gasteiger partial charge in [0.05, 0.1) is 5.75 Å². The first-order valence-corrected chi connectivity index (χ1v) is 5.66. The first-order chi connectivity index (χ1) is 5.98. The maximum absolute atomic E-state index is 11.0. The molecule has 4 nitrogen and oxygen atoms in total. The van der Waals surface area contributed by atoms with E-state index in [1.807, 2.05) is 0 Å². The molecule has 0 amide bonds. The molecule has 0 bridgehead atoms. The van der Waals surface area contributed by atoms with Crippen molar-refractivity contribution in [2.45, 2.75) is 19.3 Å². The summed E-state index contributed by atoms with van der Waals surface area (Å²) in [4.78, 5) is 10.1. The van der Waals surface area contributed by atoms with Crippen molar-refractivity contribution in [2.75, 3.05) is 11.5 Å². The van der Waals surface area contributed by atoms with Crippen molar-refractivity contribution in [1.82, 2.24) is 0 Å². The van der Waals surface area contributed by atoms with Gasteiger partial charge in [-0.15, -0.1) is 6.42 Å². The maximum Gasteiger partial charge on any atom is 0.303 e. The zero-order valence-corrected chi connectivity index (χ0v) is 8.01. The largest absolute Gasteiger partial charge is 0.481 e. The number of aliphatic carboxylic acids is 1. The third-order valence-corrected chi connectivity index (χ3v) is 2.92. The average Bonchev–Trinajstić information content (AvgIpc) is 1.98. The van der Waals surface area contributed by atoms with Crippen molar-refractivity contribution in [3.05, 3.63) is 0 Å². The Bertz CT molecular complexity index is 297. The molecule has 5 heteroatoms. The number of terminal acetylenes is 1. The van der Waals surface area contributed by atoms with Gasteiger partial charge in [0, 0.05) is 6.42 Å². The van der Waals surface area contributed by atoms with Crippen LogP contribution in [0.1, 0.15) is 19.3 Å². The quantitative estimate of drug-likeness (QED) is 0.498. The molecule has 0 aliphatic carbocycles. The van der Waals surface area contributed by atoms with E-state index in [-0.39, 0.29) is 17.9 Å². The van der Waals surface area contributed by atoms with Gasteiger partial charge in [-0.25, -0.2) is 8.42 Å². The Hall–Kier alpha value is -1.02. The standard InChI is InChI=1S/C8H12O4S/c1-2-6-13(11,12)7-4-3-5-8(9)10/h1H,3-7H2,(H,9,10). The number of hydrogen-bond acceptors (Lipinski definition) is 3. The lowest BCUT2D eigenvalue weighted by Crippen LogP contribution is -2.10. The van der Waals surface area contributed by atoms with E-state index in [0.717, 1.165) is 0 Å². The van der Waals surface area contributed by atoms with Crippen LogP contribution in [-0.2, 0) is 14.6 Å². The van der Waals surface area contributed by atoms with Crippen molar-refractivity contribution >= 4 is 15.8 Å². The molecule has 0 aromatic heterocycles. The second-order valence-corrected chi connectivity index (χ2v) is 4.83. The maximum atomic E-state index is 11.0. The lowest BCUT2D eigenvalue weighted by atomic mass is 10.3. The number of carboxylic acids is 1. The van der Waals surface area contributed by atoms with Crippen LogP contribution in [-0.4, -0.2) is 31.0 Å². The molecule has 0 saturated heterocycles. The Labute approximate surface area is 77.9 Å². The van der Waals surface area contributed by atoms with E-state index < -0.39 is 15.8 Å². The van der Waals surface area contributed by atoms with Gasteiger partial charge in [-0.1, -0.05) is 5.92 Å². The zero-order chi connectivity index (χ0) is 10.3. The molecule has 0 unspecified atom stereocenters. The highest BCUT2D eigenvalue weighted by Gasteiger charge is 2.08. The predicted molar refractivity (Wildman–Crippen MR) is 49.0 cm³/mol. The highest BCUT2D eigenvalue weighted by Crippen LogP contribution is 2.00. The molecule has 0 aliphatic rings. The summed E-state index contributed by atoms with van der Waals surface area (Å²) in [6, 6.07) is 0. The molecule has 0 atom stereocenters. The molecule has 0 fully saturated rings. The molecule has 0 aliphatic heterocycles. The SMILES string of the molecule is C#CCS(=O)(=O)CCCCC(=O)O. The summed E-state index contributed by atoms with van der Waals surface area (Å²) in [6.45, 7) is 0. The third-order valence-electron chi connectivity index (χ3n) is 1.40. The molecule has 0 heterocycles. The lowest BCUT2D eigenvalue weighted by molar-refractivity contribution is -0.137. The Kier molecular flexibility index (Phi) is 5.16. The normalized spacial score (nSPS) is 10.7. The van der Waals surface area contributed by atoms with Crippen molar-refractivity contribution in [3.8, 4) is 12.3 Å². The van der Waals surface area contributed by atoms with Gasteiger partial charge in [-0.2, -0.15) is 0 Å². The second-order valence-electron chi connectivity index (χ2n) is 2.65. The zero-order valence-electron chi connectivity index (χ0n) is 7.19. The van der Waals surface area contributed by atoms with E-state index in [4.69, 9.17) is 11.5 Å². The molecule has 0 saturated carbocycles. The van der Waals surface area contributed by atoms with E-state index in [1.165, 1.54) is 0 Å². The molecule has 74 valence electrons. The van der Waals surface area contributed by atoms with Gasteiger partial charge in [0.2, 0.25) is 0 Å². The third kappa shape index (κ3) is 7.34. The van der Waals surface area contributed by atoms with Gasteiger partial charge in [0.1, 0.15) is 5.75 Å². The molecule has 0 aromatic rings. The van der Waals surface area contributed by atoms with Crippen molar-refractivity contribution in [2.24, 2.45) is 0 Å². The topological polar surface area (TPSA) is 71.4 Å². The molecule has 1 N–H and O–H groups in total. The van der Waals surface area contributed by atoms with Crippen LogP contribution in [0, 0.1) is 12.3 Å².